The molecule has 0 saturated heterocycles. The van der Waals surface area contributed by atoms with Gasteiger partial charge in [0.1, 0.15) is 0 Å². The Morgan fingerprint density at radius 3 is 0.667 bits per heavy atom. The monoisotopic (exact) mass is 432 g/mol. The summed E-state index contributed by atoms with van der Waals surface area (Å²) in [6.45, 7) is 0. The van der Waals surface area contributed by atoms with Crippen LogP contribution in [-0.2, 0) is 41.8 Å². The van der Waals surface area contributed by atoms with Crippen LogP contribution in [0.2, 0.25) is 0 Å². The van der Waals surface area contributed by atoms with Gasteiger partial charge in [-0.2, -0.15) is 15.6 Å². The van der Waals surface area contributed by atoms with Crippen LogP contribution in [0.3, 0.4) is 0 Å². The number of hydrogen-bond donors (Lipinski definition) is 0. The quantitative estimate of drug-likeness (QED) is 0.342. The molecule has 0 saturated carbocycles. The predicted octanol–water partition coefficient (Wildman–Crippen LogP) is -5.65. The second-order valence-electron chi connectivity index (χ2n) is 0.894. The van der Waals surface area contributed by atoms with Gasteiger partial charge in [0.25, 0.3) is 0 Å². The van der Waals surface area contributed by atoms with Crippen molar-refractivity contribution in [2.45, 2.75) is 0 Å². The summed E-state index contributed by atoms with van der Waals surface area (Å²) < 4.78 is 17.1. The first-order chi connectivity index (χ1) is 4.00. The van der Waals surface area contributed by atoms with Gasteiger partial charge in [-0.1, -0.05) is 0 Å². The van der Waals surface area contributed by atoms with Gasteiger partial charge in [-0.05, 0) is 0 Å². The number of phosphoric acid groups is 2. The summed E-state index contributed by atoms with van der Waals surface area (Å²) in [5.41, 5.74) is 0. The zero-order valence-electron chi connectivity index (χ0n) is 5.12. The van der Waals surface area contributed by atoms with Gasteiger partial charge in [-0.25, -0.2) is 0 Å². The summed E-state index contributed by atoms with van der Waals surface area (Å²) in [4.78, 5) is 51.3. The SMILES string of the molecule is O=P([O-])([O-])[O-].O=P([O-])([O-])[O-].[Eu+3].[Y+3]. The van der Waals surface area contributed by atoms with Gasteiger partial charge in [0.2, 0.25) is 0 Å². The molecule has 0 N–H and O–H groups in total. The van der Waals surface area contributed by atoms with Crippen molar-refractivity contribution in [3.05, 3.63) is 0 Å². The average Bonchev–Trinajstić information content (AvgIpc) is 1.12. The Bertz CT molecular complexity index is 129. The third kappa shape index (κ3) is 216. The van der Waals surface area contributed by atoms with E-state index in [1.54, 1.807) is 0 Å². The third-order valence-electron chi connectivity index (χ3n) is 0. The fourth-order valence-corrected chi connectivity index (χ4v) is 0. The molecule has 0 fully saturated rings. The van der Waals surface area contributed by atoms with Crippen molar-refractivity contribution in [2.75, 3.05) is 0 Å². The van der Waals surface area contributed by atoms with Crippen LogP contribution in [-0.4, -0.2) is 0 Å². The molecule has 0 aliphatic rings. The van der Waals surface area contributed by atoms with Gasteiger partial charge in [0.15, 0.2) is 0 Å². The Morgan fingerprint density at radius 1 is 0.667 bits per heavy atom. The maximum atomic E-state index is 8.55. The van der Waals surface area contributed by atoms with Gasteiger partial charge in [0.05, 0.1) is 0 Å². The molecule has 0 unspecified atom stereocenters. The molecule has 68 valence electrons. The second kappa shape index (κ2) is 10.4. The first kappa shape index (κ1) is 24.2. The molecule has 8 nitrogen and oxygen atoms in total. The van der Waals surface area contributed by atoms with Crippen LogP contribution >= 0.6 is 15.6 Å². The van der Waals surface area contributed by atoms with Crippen LogP contribution in [0.1, 0.15) is 0 Å². The summed E-state index contributed by atoms with van der Waals surface area (Å²) in [7, 11) is -10.8. The van der Waals surface area contributed by atoms with E-state index in [4.69, 9.17) is 38.5 Å². The second-order valence-corrected chi connectivity index (χ2v) is 2.68. The summed E-state index contributed by atoms with van der Waals surface area (Å²) in [6.07, 6.45) is 0. The molecule has 0 rings (SSSR count). The molecule has 0 aliphatic carbocycles. The summed E-state index contributed by atoms with van der Waals surface area (Å²) >= 11 is 0. The molecule has 0 bridgehead atoms. The Hall–Kier alpha value is 2.91. The van der Waals surface area contributed by atoms with E-state index in [-0.39, 0.29) is 82.1 Å². The fraction of sp³-hybridized carbons (Fsp3) is 0. The molecule has 0 aromatic rings. The number of rotatable bonds is 0. The van der Waals surface area contributed by atoms with E-state index in [1.165, 1.54) is 0 Å². The van der Waals surface area contributed by atoms with Crippen molar-refractivity contribution in [3.63, 3.8) is 0 Å². The maximum Gasteiger partial charge on any atom is 3.00 e. The van der Waals surface area contributed by atoms with Gasteiger partial charge in [-0.15, -0.1) is 0 Å². The average molecular weight is 431 g/mol. The molecule has 0 aromatic heterocycles. The smallest absolute Gasteiger partial charge is 0.822 e. The molecule has 0 spiro atoms. The first-order valence-electron chi connectivity index (χ1n) is 1.46. The van der Waals surface area contributed by atoms with E-state index >= 15 is 0 Å². The van der Waals surface area contributed by atoms with Crippen molar-refractivity contribution in [3.8, 4) is 0 Å². The van der Waals surface area contributed by atoms with Crippen LogP contribution in [0.15, 0.2) is 0 Å². The van der Waals surface area contributed by atoms with Crippen molar-refractivity contribution >= 4 is 15.6 Å². The van der Waals surface area contributed by atoms with E-state index in [0.29, 0.717) is 0 Å². The van der Waals surface area contributed by atoms with E-state index in [1.807, 2.05) is 0 Å². The normalized spacial score (nSPS) is 9.83. The van der Waals surface area contributed by atoms with E-state index in [0.717, 1.165) is 0 Å². The molecule has 0 aliphatic heterocycles. The van der Waals surface area contributed by atoms with Gasteiger partial charge in [0, 0.05) is 0 Å². The topological polar surface area (TPSA) is 172 Å². The molecule has 0 aromatic carbocycles. The maximum absolute atomic E-state index is 8.55. The molecule has 0 atom stereocenters. The molecule has 12 heavy (non-hydrogen) atoms. The van der Waals surface area contributed by atoms with E-state index in [2.05, 4.69) is 0 Å². The van der Waals surface area contributed by atoms with Gasteiger partial charge < -0.3 is 38.5 Å². The third-order valence-corrected chi connectivity index (χ3v) is 0. The van der Waals surface area contributed by atoms with Crippen LogP contribution in [0.5, 0.6) is 0 Å². The van der Waals surface area contributed by atoms with E-state index < -0.39 is 15.6 Å². The molecular formula is EuO8P2Y. The molecule has 0 radical (unpaired) electrons. The summed E-state index contributed by atoms with van der Waals surface area (Å²) in [6, 6.07) is 0. The molecular weight excluding hydrogens is 431 g/mol. The van der Waals surface area contributed by atoms with Crippen LogP contribution < -0.4 is 29.4 Å². The van der Waals surface area contributed by atoms with Crippen LogP contribution in [0.25, 0.3) is 0 Å². The van der Waals surface area contributed by atoms with Crippen molar-refractivity contribution < 1.29 is 121 Å². The Morgan fingerprint density at radius 2 is 0.667 bits per heavy atom. The van der Waals surface area contributed by atoms with Crippen molar-refractivity contribution in [1.82, 2.24) is 0 Å². The minimum Gasteiger partial charge on any atom is -0.822 e. The van der Waals surface area contributed by atoms with Crippen molar-refractivity contribution in [1.29, 1.82) is 0 Å². The summed E-state index contributed by atoms with van der Waals surface area (Å²) in [5, 5.41) is 0. The van der Waals surface area contributed by atoms with Crippen molar-refractivity contribution in [2.24, 2.45) is 0 Å². The molecule has 12 heteroatoms. The Labute approximate surface area is 134 Å². The van der Waals surface area contributed by atoms with Gasteiger partial charge in [-0.3, -0.25) is 0 Å². The minimum atomic E-state index is -5.39. The largest absolute Gasteiger partial charge is 3.00 e. The fourth-order valence-electron chi connectivity index (χ4n) is 0. The van der Waals surface area contributed by atoms with E-state index in [9.17, 15) is 0 Å². The zero-order valence-corrected chi connectivity index (χ0v) is 12.2. The standard InChI is InChI=1S/Eu.2H3O4P.Y/c;2*1-5(2,3)4;/h;2*(H3,1,2,3,4);/q+3;;;+3/p-6. The first-order valence-corrected chi connectivity index (χ1v) is 4.38. The Kier molecular flexibility index (Phi) is 21.1. The van der Waals surface area contributed by atoms with Crippen LogP contribution in [0, 0.1) is 49.4 Å². The zero-order chi connectivity index (χ0) is 9.00. The van der Waals surface area contributed by atoms with Gasteiger partial charge >= 0.3 is 82.1 Å². The predicted molar refractivity (Wildman–Crippen MR) is 15.2 cm³/mol. The molecule has 0 amide bonds. The number of hydrogen-bond acceptors (Lipinski definition) is 8. The molecule has 0 heterocycles. The summed E-state index contributed by atoms with van der Waals surface area (Å²) in [5.74, 6) is 0. The van der Waals surface area contributed by atoms with Crippen LogP contribution in [0.4, 0.5) is 0 Å². The Balaban J connectivity index is -0.0000000457. The minimum absolute atomic E-state index is 0.